The number of carbonyl (C=O) groups excluding carboxylic acids is 3. The number of amides is 2. The van der Waals surface area contributed by atoms with Gasteiger partial charge in [-0.1, -0.05) is 42.5 Å². The molecule has 0 radical (unpaired) electrons. The molecule has 1 fully saturated rings. The van der Waals surface area contributed by atoms with Crippen LogP contribution in [-0.4, -0.2) is 62.3 Å². The van der Waals surface area contributed by atoms with Crippen LogP contribution in [0.25, 0.3) is 0 Å². The summed E-state index contributed by atoms with van der Waals surface area (Å²) in [5.74, 6) is -1.37. The molecule has 2 atom stereocenters. The monoisotopic (exact) mass is 537 g/mol. The molecule has 8 heteroatoms. The highest BCUT2D eigenvalue weighted by Gasteiger charge is 2.37. The lowest BCUT2D eigenvalue weighted by Gasteiger charge is -2.43. The summed E-state index contributed by atoms with van der Waals surface area (Å²) in [5, 5.41) is 5.99. The van der Waals surface area contributed by atoms with E-state index in [1.54, 1.807) is 27.9 Å². The molecule has 0 aliphatic carbocycles. The fraction of sp³-hybridized carbons (Fsp3) is 0.516. The molecular formula is C31H43N3O5. The third-order valence-corrected chi connectivity index (χ3v) is 7.18. The molecule has 8 nitrogen and oxygen atoms in total. The number of benzene rings is 2. The highest BCUT2D eigenvalue weighted by atomic mass is 16.6. The second kappa shape index (κ2) is 13.1. The molecule has 1 aliphatic rings. The lowest BCUT2D eigenvalue weighted by molar-refractivity contribution is -0.154. The van der Waals surface area contributed by atoms with Crippen LogP contribution in [0.15, 0.2) is 54.6 Å². The first kappa shape index (κ1) is 30.2. The molecule has 0 bridgehead atoms. The van der Waals surface area contributed by atoms with Crippen LogP contribution >= 0.6 is 0 Å². The van der Waals surface area contributed by atoms with E-state index in [9.17, 15) is 14.4 Å². The Kier molecular flexibility index (Phi) is 10.1. The molecule has 1 saturated heterocycles. The number of nitrogens with one attached hydrogen (secondary N) is 2. The Labute approximate surface area is 232 Å². The summed E-state index contributed by atoms with van der Waals surface area (Å²) in [6.45, 7) is 10.9. The van der Waals surface area contributed by atoms with Gasteiger partial charge in [0, 0.05) is 25.9 Å². The van der Waals surface area contributed by atoms with Gasteiger partial charge in [-0.15, -0.1) is 0 Å². The molecule has 3 rings (SSSR count). The van der Waals surface area contributed by atoms with E-state index in [0.717, 1.165) is 42.7 Å². The highest BCUT2D eigenvalue weighted by Crippen LogP contribution is 2.30. The summed E-state index contributed by atoms with van der Waals surface area (Å²) >= 11 is 0. The molecule has 0 saturated carbocycles. The summed E-state index contributed by atoms with van der Waals surface area (Å²) in [4.78, 5) is 40.1. The topological polar surface area (TPSA) is 97.0 Å². The molecule has 0 aromatic heterocycles. The first-order chi connectivity index (χ1) is 18.4. The van der Waals surface area contributed by atoms with Gasteiger partial charge in [-0.2, -0.15) is 0 Å². The third kappa shape index (κ3) is 8.55. The fourth-order valence-corrected chi connectivity index (χ4v) is 4.87. The maximum Gasteiger partial charge on any atom is 0.325 e. The average Bonchev–Trinajstić information content (AvgIpc) is 2.91. The SMILES string of the molecule is COCC1(NC(=O)C(C)c2ccccc2)CCN(c2cccc(C(C)C(=O)NCC(=O)OC(C)(C)C)c2)CC1. The molecular weight excluding hydrogens is 494 g/mol. The van der Waals surface area contributed by atoms with Gasteiger partial charge in [0.25, 0.3) is 0 Å². The summed E-state index contributed by atoms with van der Waals surface area (Å²) in [5.41, 5.74) is 1.85. The second-order valence-electron chi connectivity index (χ2n) is 11.4. The van der Waals surface area contributed by atoms with Crippen LogP contribution in [0.2, 0.25) is 0 Å². The number of hydrogen-bond acceptors (Lipinski definition) is 6. The molecule has 2 aromatic rings. The lowest BCUT2D eigenvalue weighted by atomic mass is 9.86. The van der Waals surface area contributed by atoms with Gasteiger partial charge in [0.2, 0.25) is 11.8 Å². The third-order valence-electron chi connectivity index (χ3n) is 7.18. The summed E-state index contributed by atoms with van der Waals surface area (Å²) in [6, 6.07) is 17.7. The highest BCUT2D eigenvalue weighted by molar-refractivity contribution is 5.87. The maximum atomic E-state index is 13.1. The van der Waals surface area contributed by atoms with Crippen molar-refractivity contribution in [2.24, 2.45) is 0 Å². The Morgan fingerprint density at radius 3 is 2.15 bits per heavy atom. The average molecular weight is 538 g/mol. The van der Waals surface area contributed by atoms with Crippen LogP contribution in [0.3, 0.4) is 0 Å². The fourth-order valence-electron chi connectivity index (χ4n) is 4.87. The number of anilines is 1. The number of hydrogen-bond donors (Lipinski definition) is 2. The first-order valence-electron chi connectivity index (χ1n) is 13.6. The van der Waals surface area contributed by atoms with E-state index in [-0.39, 0.29) is 24.3 Å². The van der Waals surface area contributed by atoms with Gasteiger partial charge in [-0.05, 0) is 70.7 Å². The normalized spacial score (nSPS) is 16.6. The summed E-state index contributed by atoms with van der Waals surface area (Å²) in [7, 11) is 1.67. The molecule has 1 heterocycles. The molecule has 2 amide bonds. The van der Waals surface area contributed by atoms with Crippen LogP contribution in [0, 0.1) is 0 Å². The van der Waals surface area contributed by atoms with Gasteiger partial charge in [0.15, 0.2) is 0 Å². The molecule has 39 heavy (non-hydrogen) atoms. The minimum atomic E-state index is -0.597. The van der Waals surface area contributed by atoms with E-state index < -0.39 is 23.0 Å². The van der Waals surface area contributed by atoms with Crippen LogP contribution in [0.1, 0.15) is 70.4 Å². The Balaban J connectivity index is 1.61. The zero-order valence-corrected chi connectivity index (χ0v) is 24.1. The standard InChI is InChI=1S/C31H43N3O5/c1-22(24-11-8-7-9-12-24)29(37)33-31(21-38-6)15-17-34(18-16-31)26-14-10-13-25(19-26)23(2)28(36)32-20-27(35)39-30(3,4)5/h7-14,19,22-23H,15-18,20-21H2,1-6H3,(H,32,36)(H,33,37). The van der Waals surface area contributed by atoms with Crippen LogP contribution < -0.4 is 15.5 Å². The molecule has 1 aliphatic heterocycles. The number of esters is 1. The zero-order valence-electron chi connectivity index (χ0n) is 24.1. The quantitative estimate of drug-likeness (QED) is 0.442. The number of methoxy groups -OCH3 is 1. The van der Waals surface area contributed by atoms with E-state index >= 15 is 0 Å². The predicted molar refractivity (Wildman–Crippen MR) is 153 cm³/mol. The summed E-state index contributed by atoms with van der Waals surface area (Å²) < 4.78 is 10.8. The molecule has 2 aromatic carbocycles. The predicted octanol–water partition coefficient (Wildman–Crippen LogP) is 4.15. The minimum Gasteiger partial charge on any atom is -0.459 e. The van der Waals surface area contributed by atoms with E-state index in [0.29, 0.717) is 6.61 Å². The van der Waals surface area contributed by atoms with E-state index in [1.165, 1.54) is 0 Å². The van der Waals surface area contributed by atoms with Gasteiger partial charge in [-0.3, -0.25) is 14.4 Å². The van der Waals surface area contributed by atoms with Crippen molar-refractivity contribution >= 4 is 23.5 Å². The summed E-state index contributed by atoms with van der Waals surface area (Å²) in [6.07, 6.45) is 1.48. The Morgan fingerprint density at radius 1 is 0.923 bits per heavy atom. The number of ether oxygens (including phenoxy) is 2. The zero-order chi connectivity index (χ0) is 28.6. The van der Waals surface area contributed by atoms with Crippen LogP contribution in [0.5, 0.6) is 0 Å². The first-order valence-corrected chi connectivity index (χ1v) is 13.6. The van der Waals surface area contributed by atoms with E-state index in [2.05, 4.69) is 15.5 Å². The molecule has 2 unspecified atom stereocenters. The minimum absolute atomic E-state index is 0.0000776. The van der Waals surface area contributed by atoms with E-state index in [4.69, 9.17) is 9.47 Å². The second-order valence-corrected chi connectivity index (χ2v) is 11.4. The van der Waals surface area contributed by atoms with Crippen molar-refractivity contribution in [2.45, 2.75) is 70.4 Å². The molecule has 212 valence electrons. The Bertz CT molecular complexity index is 1120. The smallest absolute Gasteiger partial charge is 0.325 e. The van der Waals surface area contributed by atoms with E-state index in [1.807, 2.05) is 68.4 Å². The van der Waals surface area contributed by atoms with Crippen molar-refractivity contribution in [3.63, 3.8) is 0 Å². The van der Waals surface area contributed by atoms with Crippen molar-refractivity contribution in [3.8, 4) is 0 Å². The molecule has 2 N–H and O–H groups in total. The van der Waals surface area contributed by atoms with Crippen molar-refractivity contribution in [3.05, 3.63) is 65.7 Å². The van der Waals surface area contributed by atoms with Gasteiger partial charge >= 0.3 is 5.97 Å². The number of nitrogens with zero attached hydrogens (tertiary/aromatic N) is 1. The Morgan fingerprint density at radius 2 is 1.54 bits per heavy atom. The number of piperidine rings is 1. The van der Waals surface area contributed by atoms with Crippen molar-refractivity contribution in [1.29, 1.82) is 0 Å². The van der Waals surface area contributed by atoms with Crippen molar-refractivity contribution in [2.75, 3.05) is 38.3 Å². The number of rotatable bonds is 10. The Hall–Kier alpha value is -3.39. The van der Waals surface area contributed by atoms with Crippen LogP contribution in [-0.2, 0) is 23.9 Å². The van der Waals surface area contributed by atoms with Crippen molar-refractivity contribution in [1.82, 2.24) is 10.6 Å². The molecule has 0 spiro atoms. The van der Waals surface area contributed by atoms with Gasteiger partial charge in [-0.25, -0.2) is 0 Å². The largest absolute Gasteiger partial charge is 0.459 e. The van der Waals surface area contributed by atoms with Crippen molar-refractivity contribution < 1.29 is 23.9 Å². The van der Waals surface area contributed by atoms with Gasteiger partial charge in [0.05, 0.1) is 24.0 Å². The lowest BCUT2D eigenvalue weighted by Crippen LogP contribution is -2.58. The maximum absolute atomic E-state index is 13.1. The van der Waals surface area contributed by atoms with Crippen LogP contribution in [0.4, 0.5) is 5.69 Å². The number of carbonyl (C=O) groups is 3. The van der Waals surface area contributed by atoms with Gasteiger partial charge in [0.1, 0.15) is 12.1 Å². The van der Waals surface area contributed by atoms with Gasteiger partial charge < -0.3 is 25.0 Å².